The van der Waals surface area contributed by atoms with Crippen molar-refractivity contribution in [3.8, 4) is 5.75 Å². The predicted molar refractivity (Wildman–Crippen MR) is 153 cm³/mol. The van der Waals surface area contributed by atoms with Crippen molar-refractivity contribution in [2.45, 2.75) is 38.6 Å². The number of hydrogen-bond acceptors (Lipinski definition) is 10. The lowest BCUT2D eigenvalue weighted by atomic mass is 9.91. The number of hydrogen-bond donors (Lipinski definition) is 3. The number of likely N-dealkylation sites (tertiary alicyclic amines) is 1. The SMILES string of the molecule is CNc1nccnc1C(=CN)Oc1cnc2nc(Nc3cc(C(C)(C)C)n(C4CCN(C)C4)n3)n(C)c2c1Cl. The average molecular weight is 552 g/mol. The van der Waals surface area contributed by atoms with E-state index in [1.165, 1.54) is 18.1 Å². The first kappa shape index (κ1) is 26.7. The zero-order chi connectivity index (χ0) is 27.9. The van der Waals surface area contributed by atoms with Crippen LogP contribution in [0.5, 0.6) is 5.75 Å². The van der Waals surface area contributed by atoms with Gasteiger partial charge in [0.25, 0.3) is 0 Å². The van der Waals surface area contributed by atoms with E-state index in [4.69, 9.17) is 27.2 Å². The molecule has 5 heterocycles. The molecule has 1 fully saturated rings. The molecule has 4 N–H and O–H groups in total. The second-order valence-corrected chi connectivity index (χ2v) is 11.1. The van der Waals surface area contributed by atoms with Gasteiger partial charge in [0.05, 0.1) is 12.2 Å². The summed E-state index contributed by atoms with van der Waals surface area (Å²) in [6.45, 7) is 8.64. The standard InChI is InChI=1S/C26H34ClN11O/c1-26(2,3)18-11-19(35-38(18)15-7-10-36(5)14-15)33-25-34-24-22(37(25)6)20(27)17(13-32-24)39-16(12-28)21-23(29-4)31-9-8-30-21/h8-9,11-13,15H,7,10,14,28H2,1-6H3,(H,29,31)(H,32,33,34,35). The van der Waals surface area contributed by atoms with Gasteiger partial charge in [0.15, 0.2) is 28.8 Å². The number of ether oxygens (including phenoxy) is 1. The Labute approximate surface area is 232 Å². The Morgan fingerprint density at radius 1 is 1.21 bits per heavy atom. The van der Waals surface area contributed by atoms with Crippen LogP contribution >= 0.6 is 11.6 Å². The van der Waals surface area contributed by atoms with Crippen LogP contribution in [-0.2, 0) is 12.5 Å². The number of rotatable bonds is 7. The number of halogens is 1. The van der Waals surface area contributed by atoms with Gasteiger partial charge in [0.1, 0.15) is 16.2 Å². The molecule has 1 aliphatic heterocycles. The number of nitrogens with zero attached hydrogens (tertiary/aromatic N) is 8. The van der Waals surface area contributed by atoms with E-state index in [0.29, 0.717) is 45.4 Å². The lowest BCUT2D eigenvalue weighted by Gasteiger charge is -2.23. The fraction of sp³-hybridized carbons (Fsp3) is 0.423. The maximum absolute atomic E-state index is 6.82. The number of nitrogens with two attached hydrogens (primary N) is 1. The van der Waals surface area contributed by atoms with E-state index in [-0.39, 0.29) is 11.2 Å². The molecule has 1 aliphatic rings. The Kier molecular flexibility index (Phi) is 7.08. The molecule has 0 radical (unpaired) electrons. The fourth-order valence-corrected chi connectivity index (χ4v) is 5.10. The van der Waals surface area contributed by atoms with Crippen molar-refractivity contribution in [3.05, 3.63) is 47.3 Å². The van der Waals surface area contributed by atoms with Gasteiger partial charge in [-0.2, -0.15) is 10.1 Å². The summed E-state index contributed by atoms with van der Waals surface area (Å²) in [5.74, 6) is 2.40. The number of anilines is 3. The molecule has 206 valence electrons. The third-order valence-corrected chi connectivity index (χ3v) is 7.17. The average Bonchev–Trinajstić information content (AvgIpc) is 3.61. The Morgan fingerprint density at radius 3 is 2.64 bits per heavy atom. The number of fused-ring (bicyclic) bond motifs is 1. The molecule has 1 unspecified atom stereocenters. The van der Waals surface area contributed by atoms with Crippen LogP contribution in [0.15, 0.2) is 30.9 Å². The summed E-state index contributed by atoms with van der Waals surface area (Å²) in [5.41, 5.74) is 8.50. The zero-order valence-electron chi connectivity index (χ0n) is 23.0. The van der Waals surface area contributed by atoms with Gasteiger partial charge < -0.3 is 30.6 Å². The van der Waals surface area contributed by atoms with Crippen LogP contribution in [0.4, 0.5) is 17.6 Å². The van der Waals surface area contributed by atoms with Crippen LogP contribution in [0.2, 0.25) is 5.02 Å². The monoisotopic (exact) mass is 551 g/mol. The Hall–Kier alpha value is -3.90. The van der Waals surface area contributed by atoms with Gasteiger partial charge in [0, 0.05) is 56.4 Å². The first-order valence-electron chi connectivity index (χ1n) is 12.8. The second-order valence-electron chi connectivity index (χ2n) is 10.7. The van der Waals surface area contributed by atoms with Gasteiger partial charge in [-0.1, -0.05) is 32.4 Å². The third kappa shape index (κ3) is 5.09. The Morgan fingerprint density at radius 2 is 1.97 bits per heavy atom. The summed E-state index contributed by atoms with van der Waals surface area (Å²) in [5, 5.41) is 11.6. The van der Waals surface area contributed by atoms with Gasteiger partial charge in [0.2, 0.25) is 5.95 Å². The highest BCUT2D eigenvalue weighted by molar-refractivity contribution is 6.36. The van der Waals surface area contributed by atoms with Gasteiger partial charge in [-0.25, -0.2) is 15.0 Å². The lowest BCUT2D eigenvalue weighted by molar-refractivity contribution is 0.366. The normalized spacial score (nSPS) is 16.7. The van der Waals surface area contributed by atoms with Crippen molar-refractivity contribution in [3.63, 3.8) is 0 Å². The number of imidazole rings is 1. The molecule has 0 bridgehead atoms. The smallest absolute Gasteiger partial charge is 0.210 e. The Bertz CT molecular complexity index is 1530. The molecule has 0 aliphatic carbocycles. The van der Waals surface area contributed by atoms with E-state index in [9.17, 15) is 0 Å². The highest BCUT2D eigenvalue weighted by Crippen LogP contribution is 2.36. The molecule has 1 saturated heterocycles. The summed E-state index contributed by atoms with van der Waals surface area (Å²) in [6, 6.07) is 2.43. The third-order valence-electron chi connectivity index (χ3n) is 6.80. The maximum atomic E-state index is 6.82. The molecule has 12 nitrogen and oxygen atoms in total. The van der Waals surface area contributed by atoms with Crippen LogP contribution in [0.1, 0.15) is 44.6 Å². The van der Waals surface area contributed by atoms with Gasteiger partial charge in [-0.3, -0.25) is 4.68 Å². The number of aromatic nitrogens is 7. The van der Waals surface area contributed by atoms with Crippen molar-refractivity contribution >= 4 is 46.1 Å². The van der Waals surface area contributed by atoms with E-state index in [1.807, 2.05) is 11.6 Å². The molecule has 5 rings (SSSR count). The predicted octanol–water partition coefficient (Wildman–Crippen LogP) is 3.90. The molecule has 4 aromatic rings. The van der Waals surface area contributed by atoms with Gasteiger partial charge in [-0.15, -0.1) is 0 Å². The Balaban J connectivity index is 1.47. The van der Waals surface area contributed by atoms with Crippen molar-refractivity contribution in [1.29, 1.82) is 0 Å². The van der Waals surface area contributed by atoms with Crippen molar-refractivity contribution < 1.29 is 4.74 Å². The second kappa shape index (κ2) is 10.3. The van der Waals surface area contributed by atoms with Crippen LogP contribution in [0.25, 0.3) is 16.9 Å². The van der Waals surface area contributed by atoms with Crippen LogP contribution in [-0.4, -0.2) is 66.4 Å². The van der Waals surface area contributed by atoms with Gasteiger partial charge >= 0.3 is 0 Å². The highest BCUT2D eigenvalue weighted by atomic mass is 35.5. The molecule has 4 aromatic heterocycles. The fourth-order valence-electron chi connectivity index (χ4n) is 4.80. The van der Waals surface area contributed by atoms with Gasteiger partial charge in [-0.05, 0) is 20.0 Å². The van der Waals surface area contributed by atoms with E-state index in [1.54, 1.807) is 19.4 Å². The van der Waals surface area contributed by atoms with Crippen molar-refractivity contribution in [2.24, 2.45) is 12.8 Å². The molecule has 1 atom stereocenters. The summed E-state index contributed by atoms with van der Waals surface area (Å²) in [6.07, 6.45) is 7.03. The largest absolute Gasteiger partial charge is 0.450 e. The minimum Gasteiger partial charge on any atom is -0.450 e. The maximum Gasteiger partial charge on any atom is 0.210 e. The molecule has 13 heteroatoms. The number of aryl methyl sites for hydroxylation is 1. The summed E-state index contributed by atoms with van der Waals surface area (Å²) < 4.78 is 10.1. The quantitative estimate of drug-likeness (QED) is 0.290. The minimum absolute atomic E-state index is 0.0674. The van der Waals surface area contributed by atoms with Crippen LogP contribution in [0, 0.1) is 0 Å². The first-order valence-corrected chi connectivity index (χ1v) is 13.1. The van der Waals surface area contributed by atoms with Crippen molar-refractivity contribution in [1.82, 2.24) is 39.2 Å². The van der Waals surface area contributed by atoms with E-state index < -0.39 is 0 Å². The highest BCUT2D eigenvalue weighted by Gasteiger charge is 2.29. The first-order chi connectivity index (χ1) is 18.6. The number of pyridine rings is 1. The summed E-state index contributed by atoms with van der Waals surface area (Å²) >= 11 is 6.82. The summed E-state index contributed by atoms with van der Waals surface area (Å²) in [7, 11) is 5.75. The summed E-state index contributed by atoms with van der Waals surface area (Å²) in [4.78, 5) is 20.1. The topological polar surface area (TPSA) is 137 Å². The molecular weight excluding hydrogens is 518 g/mol. The molecule has 39 heavy (non-hydrogen) atoms. The molecule has 0 aromatic carbocycles. The lowest BCUT2D eigenvalue weighted by Crippen LogP contribution is -2.24. The van der Waals surface area contributed by atoms with E-state index in [2.05, 4.69) is 74.0 Å². The molecular formula is C26H34ClN11O. The van der Waals surface area contributed by atoms with Crippen molar-refractivity contribution in [2.75, 3.05) is 37.8 Å². The van der Waals surface area contributed by atoms with E-state index in [0.717, 1.165) is 25.3 Å². The molecule has 0 amide bonds. The van der Waals surface area contributed by atoms with Crippen LogP contribution in [0.3, 0.4) is 0 Å². The van der Waals surface area contributed by atoms with Crippen LogP contribution < -0.4 is 21.1 Å². The number of nitrogens with one attached hydrogen (secondary N) is 2. The minimum atomic E-state index is -0.0674. The zero-order valence-corrected chi connectivity index (χ0v) is 23.8. The molecule has 0 saturated carbocycles. The molecule has 0 spiro atoms. The number of likely N-dealkylation sites (N-methyl/N-ethyl adjacent to an activating group) is 1. The van der Waals surface area contributed by atoms with E-state index >= 15 is 0 Å².